The normalized spacial score (nSPS) is 11.3. The number of nitrogens with zero attached hydrogens (tertiary/aromatic N) is 1. The number of hydrogen-bond acceptors (Lipinski definition) is 3. The Morgan fingerprint density at radius 3 is 2.27 bits per heavy atom. The molecule has 0 fully saturated rings. The van der Waals surface area contributed by atoms with E-state index in [4.69, 9.17) is 4.74 Å². The summed E-state index contributed by atoms with van der Waals surface area (Å²) in [7, 11) is 0. The molecule has 3 heteroatoms. The van der Waals surface area contributed by atoms with E-state index < -0.39 is 0 Å². The van der Waals surface area contributed by atoms with Crippen molar-refractivity contribution in [3.05, 3.63) is 65.7 Å². The molecule has 0 amide bonds. The van der Waals surface area contributed by atoms with E-state index in [2.05, 4.69) is 24.0 Å². The lowest BCUT2D eigenvalue weighted by atomic mass is 10.0. The van der Waals surface area contributed by atoms with E-state index in [9.17, 15) is 4.79 Å². The monoisotopic (exact) mass is 295 g/mol. The minimum Gasteiger partial charge on any atom is -0.466 e. The molecular formula is C19H21NO2. The SMILES string of the molecule is CCOC(=O)CC(=Nc1ccccc1)c1ccc(CC)cc1. The first-order valence-corrected chi connectivity index (χ1v) is 7.60. The number of aryl methyl sites for hydroxylation is 1. The first kappa shape index (κ1) is 16.0. The third-order valence-electron chi connectivity index (χ3n) is 3.33. The maximum atomic E-state index is 11.8. The lowest BCUT2D eigenvalue weighted by Crippen LogP contribution is -2.12. The van der Waals surface area contributed by atoms with Gasteiger partial charge in [-0.15, -0.1) is 0 Å². The number of carbonyl (C=O) groups is 1. The largest absolute Gasteiger partial charge is 0.466 e. The summed E-state index contributed by atoms with van der Waals surface area (Å²) in [6.45, 7) is 4.31. The van der Waals surface area contributed by atoms with Gasteiger partial charge in [0, 0.05) is 0 Å². The second-order valence-electron chi connectivity index (χ2n) is 4.93. The van der Waals surface area contributed by atoms with E-state index in [1.54, 1.807) is 0 Å². The van der Waals surface area contributed by atoms with Crippen LogP contribution >= 0.6 is 0 Å². The van der Waals surface area contributed by atoms with Crippen LogP contribution in [0.25, 0.3) is 0 Å². The summed E-state index contributed by atoms with van der Waals surface area (Å²) in [4.78, 5) is 16.5. The zero-order valence-corrected chi connectivity index (χ0v) is 13.1. The summed E-state index contributed by atoms with van der Waals surface area (Å²) in [6.07, 6.45) is 1.16. The van der Waals surface area contributed by atoms with Crippen LogP contribution in [0.5, 0.6) is 0 Å². The molecule has 114 valence electrons. The minimum absolute atomic E-state index is 0.175. The third kappa shape index (κ3) is 4.55. The number of aliphatic imine (C=N–C) groups is 1. The van der Waals surface area contributed by atoms with E-state index in [1.165, 1.54) is 5.56 Å². The molecule has 0 aliphatic carbocycles. The molecule has 0 bridgehead atoms. The van der Waals surface area contributed by atoms with Gasteiger partial charge in [0.25, 0.3) is 0 Å². The first-order valence-electron chi connectivity index (χ1n) is 7.60. The van der Waals surface area contributed by atoms with Gasteiger partial charge in [0.15, 0.2) is 0 Å². The fourth-order valence-electron chi connectivity index (χ4n) is 2.15. The molecule has 0 heterocycles. The molecule has 0 unspecified atom stereocenters. The fraction of sp³-hybridized carbons (Fsp3) is 0.263. The Balaban J connectivity index is 2.31. The van der Waals surface area contributed by atoms with Gasteiger partial charge in [0.1, 0.15) is 0 Å². The molecule has 2 aromatic carbocycles. The summed E-state index contributed by atoms with van der Waals surface area (Å²) in [6, 6.07) is 17.8. The molecule has 0 spiro atoms. The lowest BCUT2D eigenvalue weighted by Gasteiger charge is -2.08. The smallest absolute Gasteiger partial charge is 0.311 e. The molecule has 0 aliphatic rings. The number of hydrogen-bond donors (Lipinski definition) is 0. The van der Waals surface area contributed by atoms with Crippen molar-refractivity contribution >= 4 is 17.4 Å². The highest BCUT2D eigenvalue weighted by Gasteiger charge is 2.11. The van der Waals surface area contributed by atoms with Crippen molar-refractivity contribution in [1.29, 1.82) is 0 Å². The highest BCUT2D eigenvalue weighted by molar-refractivity contribution is 6.10. The van der Waals surface area contributed by atoms with Gasteiger partial charge in [-0.3, -0.25) is 9.79 Å². The molecule has 0 atom stereocenters. The van der Waals surface area contributed by atoms with Crippen molar-refractivity contribution in [2.24, 2.45) is 4.99 Å². The van der Waals surface area contributed by atoms with E-state index in [1.807, 2.05) is 49.4 Å². The molecule has 0 aromatic heterocycles. The van der Waals surface area contributed by atoms with E-state index in [-0.39, 0.29) is 12.4 Å². The van der Waals surface area contributed by atoms with Gasteiger partial charge < -0.3 is 4.74 Å². The van der Waals surface area contributed by atoms with Crippen molar-refractivity contribution in [2.45, 2.75) is 26.7 Å². The quantitative estimate of drug-likeness (QED) is 0.588. The van der Waals surface area contributed by atoms with Gasteiger partial charge in [-0.2, -0.15) is 0 Å². The van der Waals surface area contributed by atoms with E-state index in [0.29, 0.717) is 6.61 Å². The minimum atomic E-state index is -0.253. The summed E-state index contributed by atoms with van der Waals surface area (Å²) in [5, 5.41) is 0. The molecule has 3 nitrogen and oxygen atoms in total. The van der Waals surface area contributed by atoms with Crippen LogP contribution in [0.1, 0.15) is 31.4 Å². The number of esters is 1. The topological polar surface area (TPSA) is 38.7 Å². The van der Waals surface area contributed by atoms with Crippen LogP contribution in [0, 0.1) is 0 Å². The predicted molar refractivity (Wildman–Crippen MR) is 89.7 cm³/mol. The Bertz CT molecular complexity index is 630. The van der Waals surface area contributed by atoms with Crippen molar-refractivity contribution in [3.63, 3.8) is 0 Å². The third-order valence-corrected chi connectivity index (χ3v) is 3.33. The second kappa shape index (κ2) is 8.13. The molecule has 0 N–H and O–H groups in total. The van der Waals surface area contributed by atoms with Crippen molar-refractivity contribution in [2.75, 3.05) is 6.61 Å². The number of carbonyl (C=O) groups excluding carboxylic acids is 1. The van der Waals surface area contributed by atoms with Crippen LogP contribution in [0.3, 0.4) is 0 Å². The Hall–Kier alpha value is -2.42. The standard InChI is InChI=1S/C19H21NO2/c1-3-15-10-12-16(13-11-15)18(14-19(21)22-4-2)20-17-8-6-5-7-9-17/h5-13H,3-4,14H2,1-2H3. The highest BCUT2D eigenvalue weighted by atomic mass is 16.5. The number of para-hydroxylation sites is 1. The predicted octanol–water partition coefficient (Wildman–Crippen LogP) is 4.32. The van der Waals surface area contributed by atoms with Gasteiger partial charge in [0.05, 0.1) is 24.4 Å². The van der Waals surface area contributed by atoms with E-state index >= 15 is 0 Å². The summed E-state index contributed by atoms with van der Waals surface area (Å²) in [5.74, 6) is -0.253. The van der Waals surface area contributed by atoms with Gasteiger partial charge in [-0.25, -0.2) is 0 Å². The van der Waals surface area contributed by atoms with Crippen LogP contribution in [0.4, 0.5) is 5.69 Å². The van der Waals surface area contributed by atoms with Crippen molar-refractivity contribution in [1.82, 2.24) is 0 Å². The zero-order chi connectivity index (χ0) is 15.8. The second-order valence-corrected chi connectivity index (χ2v) is 4.93. The number of benzene rings is 2. The average molecular weight is 295 g/mol. The summed E-state index contributed by atoms with van der Waals surface area (Å²) < 4.78 is 5.06. The maximum Gasteiger partial charge on any atom is 0.311 e. The van der Waals surface area contributed by atoms with Crippen LogP contribution < -0.4 is 0 Å². The molecule has 0 saturated heterocycles. The van der Waals surface area contributed by atoms with Gasteiger partial charge >= 0.3 is 5.97 Å². The zero-order valence-electron chi connectivity index (χ0n) is 13.1. The molecule has 22 heavy (non-hydrogen) atoms. The van der Waals surface area contributed by atoms with Gasteiger partial charge in [-0.05, 0) is 36.6 Å². The van der Waals surface area contributed by atoms with Crippen molar-refractivity contribution in [3.8, 4) is 0 Å². The molecule has 0 saturated carbocycles. The Morgan fingerprint density at radius 2 is 1.68 bits per heavy atom. The van der Waals surface area contributed by atoms with Crippen LogP contribution in [0.15, 0.2) is 59.6 Å². The van der Waals surface area contributed by atoms with Crippen molar-refractivity contribution < 1.29 is 9.53 Å². The Kier molecular flexibility index (Phi) is 5.90. The molecule has 2 aromatic rings. The van der Waals surface area contributed by atoms with Crippen LogP contribution in [-0.2, 0) is 16.0 Å². The molecule has 2 rings (SSSR count). The Labute approximate surface area is 131 Å². The molecule has 0 radical (unpaired) electrons. The van der Waals surface area contributed by atoms with E-state index in [0.717, 1.165) is 23.4 Å². The average Bonchev–Trinajstić information content (AvgIpc) is 2.55. The molecule has 0 aliphatic heterocycles. The van der Waals surface area contributed by atoms with Gasteiger partial charge in [0.2, 0.25) is 0 Å². The number of rotatable bonds is 6. The molecular weight excluding hydrogens is 274 g/mol. The van der Waals surface area contributed by atoms with Gasteiger partial charge in [-0.1, -0.05) is 49.4 Å². The lowest BCUT2D eigenvalue weighted by molar-refractivity contribution is -0.141. The maximum absolute atomic E-state index is 11.8. The summed E-state index contributed by atoms with van der Waals surface area (Å²) >= 11 is 0. The summed E-state index contributed by atoms with van der Waals surface area (Å²) in [5.41, 5.74) is 3.78. The van der Waals surface area contributed by atoms with Crippen LogP contribution in [-0.4, -0.2) is 18.3 Å². The van der Waals surface area contributed by atoms with Crippen LogP contribution in [0.2, 0.25) is 0 Å². The fourth-order valence-corrected chi connectivity index (χ4v) is 2.15. The Morgan fingerprint density at radius 1 is 1.00 bits per heavy atom. The number of ether oxygens (including phenoxy) is 1. The highest BCUT2D eigenvalue weighted by Crippen LogP contribution is 2.16. The first-order chi connectivity index (χ1) is 10.7.